The van der Waals surface area contributed by atoms with Crippen LogP contribution in [-0.2, 0) is 5.41 Å². The summed E-state index contributed by atoms with van der Waals surface area (Å²) in [5, 5.41) is 9.42. The average molecular weight is 336 g/mol. The van der Waals surface area contributed by atoms with E-state index in [0.29, 0.717) is 16.3 Å². The van der Waals surface area contributed by atoms with Crippen molar-refractivity contribution in [1.29, 1.82) is 0 Å². The average Bonchev–Trinajstić information content (AvgIpc) is 2.49. The Hall–Kier alpha value is -2.90. The van der Waals surface area contributed by atoms with E-state index >= 15 is 0 Å². The number of hydrogen-bond acceptors (Lipinski definition) is 4. The number of hydrogen-bond donors (Lipinski definition) is 2. The molecule has 0 aliphatic heterocycles. The maximum Gasteiger partial charge on any atom is 0.339 e. The van der Waals surface area contributed by atoms with Crippen molar-refractivity contribution >= 4 is 5.97 Å². The van der Waals surface area contributed by atoms with Gasteiger partial charge < -0.3 is 14.8 Å². The van der Waals surface area contributed by atoms with Gasteiger partial charge in [-0.05, 0) is 17.5 Å². The number of benzene rings is 1. The van der Waals surface area contributed by atoms with E-state index in [1.165, 1.54) is 13.2 Å². The van der Waals surface area contributed by atoms with E-state index in [1.807, 2.05) is 20.8 Å². The van der Waals surface area contributed by atoms with E-state index in [-0.39, 0.29) is 17.0 Å². The molecule has 24 heavy (non-hydrogen) atoms. The fourth-order valence-corrected chi connectivity index (χ4v) is 2.36. The van der Waals surface area contributed by atoms with Crippen LogP contribution < -0.4 is 16.0 Å². The highest BCUT2D eigenvalue weighted by atomic mass is 19.1. The molecule has 2 aromatic rings. The van der Waals surface area contributed by atoms with Gasteiger partial charge in [0, 0.05) is 11.8 Å². The molecule has 0 atom stereocenters. The van der Waals surface area contributed by atoms with Crippen molar-refractivity contribution in [3.63, 3.8) is 0 Å². The Kier molecular flexibility index (Phi) is 4.33. The minimum absolute atomic E-state index is 0.0520. The van der Waals surface area contributed by atoms with E-state index < -0.39 is 28.5 Å². The highest BCUT2D eigenvalue weighted by Crippen LogP contribution is 2.35. The number of aromatic carboxylic acids is 1. The van der Waals surface area contributed by atoms with Crippen molar-refractivity contribution in [1.82, 2.24) is 9.55 Å². The molecule has 8 heteroatoms. The van der Waals surface area contributed by atoms with E-state index in [2.05, 4.69) is 4.98 Å². The summed E-state index contributed by atoms with van der Waals surface area (Å²) >= 11 is 0. The third kappa shape index (κ3) is 2.94. The summed E-state index contributed by atoms with van der Waals surface area (Å²) in [6, 6.07) is 2.55. The van der Waals surface area contributed by atoms with E-state index in [1.54, 1.807) is 0 Å². The minimum atomic E-state index is -1.29. The minimum Gasteiger partial charge on any atom is -0.496 e. The molecule has 128 valence electrons. The van der Waals surface area contributed by atoms with Crippen LogP contribution in [0, 0.1) is 5.82 Å². The number of carboxylic acid groups (broad SMARTS) is 1. The predicted molar refractivity (Wildman–Crippen MR) is 84.8 cm³/mol. The van der Waals surface area contributed by atoms with Crippen LogP contribution in [0.25, 0.3) is 5.69 Å². The summed E-state index contributed by atoms with van der Waals surface area (Å²) in [5.41, 5.74) is -2.40. The van der Waals surface area contributed by atoms with Crippen LogP contribution in [-0.4, -0.2) is 27.7 Å². The van der Waals surface area contributed by atoms with Crippen molar-refractivity contribution in [2.45, 2.75) is 26.2 Å². The quantitative estimate of drug-likeness (QED) is 0.888. The molecule has 1 heterocycles. The molecule has 0 bridgehead atoms. The molecule has 2 N–H and O–H groups in total. The maximum absolute atomic E-state index is 13.5. The van der Waals surface area contributed by atoms with Crippen molar-refractivity contribution in [2.75, 3.05) is 7.11 Å². The maximum atomic E-state index is 13.5. The zero-order valence-electron chi connectivity index (χ0n) is 13.6. The third-order valence-corrected chi connectivity index (χ3v) is 3.51. The van der Waals surface area contributed by atoms with Crippen LogP contribution in [0.15, 0.2) is 27.9 Å². The van der Waals surface area contributed by atoms with Gasteiger partial charge in [-0.2, -0.15) is 4.39 Å². The van der Waals surface area contributed by atoms with Gasteiger partial charge in [0.25, 0.3) is 5.56 Å². The molecule has 0 aliphatic carbocycles. The van der Waals surface area contributed by atoms with Crippen LogP contribution in [0.2, 0.25) is 0 Å². The summed E-state index contributed by atoms with van der Waals surface area (Å²) in [5.74, 6) is -2.32. The number of carboxylic acids is 1. The van der Waals surface area contributed by atoms with Crippen LogP contribution in [0.1, 0.15) is 36.7 Å². The van der Waals surface area contributed by atoms with E-state index in [9.17, 15) is 23.9 Å². The van der Waals surface area contributed by atoms with Crippen molar-refractivity contribution in [3.05, 3.63) is 56.1 Å². The molecule has 0 radical (unpaired) electrons. The molecule has 0 spiro atoms. The first-order valence-electron chi connectivity index (χ1n) is 7.04. The third-order valence-electron chi connectivity index (χ3n) is 3.51. The zero-order valence-corrected chi connectivity index (χ0v) is 13.6. The van der Waals surface area contributed by atoms with Gasteiger partial charge >= 0.3 is 11.7 Å². The molecule has 2 rings (SSSR count). The Morgan fingerprint density at radius 1 is 1.29 bits per heavy atom. The Morgan fingerprint density at radius 2 is 1.92 bits per heavy atom. The Balaban J connectivity index is 2.96. The molecule has 0 saturated carbocycles. The van der Waals surface area contributed by atoms with Crippen LogP contribution >= 0.6 is 0 Å². The Bertz CT molecular complexity index is 922. The summed E-state index contributed by atoms with van der Waals surface area (Å²) in [6.45, 7) is 5.45. The standard InChI is InChI=1S/C16H17FN2O5/c1-16(2,3)10-6-8(5-9(14(21)22)12(10)24-4)19-13(20)11(17)7-18-15(19)23/h5-7H,1-4H3,(H,18,23)(H,21,22). The lowest BCUT2D eigenvalue weighted by atomic mass is 9.84. The predicted octanol–water partition coefficient (Wildman–Crippen LogP) is 1.67. The van der Waals surface area contributed by atoms with Gasteiger partial charge in [-0.3, -0.25) is 4.79 Å². The van der Waals surface area contributed by atoms with Gasteiger partial charge in [-0.15, -0.1) is 0 Å². The number of rotatable bonds is 3. The zero-order chi connectivity index (χ0) is 18.2. The summed E-state index contributed by atoms with van der Waals surface area (Å²) in [7, 11) is 1.33. The number of nitrogens with one attached hydrogen (secondary N) is 1. The molecular weight excluding hydrogens is 319 g/mol. The number of carbonyl (C=O) groups is 1. The molecule has 1 aromatic carbocycles. The highest BCUT2D eigenvalue weighted by molar-refractivity contribution is 5.92. The van der Waals surface area contributed by atoms with E-state index in [4.69, 9.17) is 4.74 Å². The number of H-pyrrole nitrogens is 1. The number of methoxy groups -OCH3 is 1. The van der Waals surface area contributed by atoms with Gasteiger partial charge in [-0.25, -0.2) is 14.2 Å². The highest BCUT2D eigenvalue weighted by Gasteiger charge is 2.26. The van der Waals surface area contributed by atoms with Gasteiger partial charge in [0.05, 0.1) is 12.8 Å². The number of aromatic nitrogens is 2. The molecule has 0 amide bonds. The molecule has 1 aromatic heterocycles. The monoisotopic (exact) mass is 336 g/mol. The molecule has 7 nitrogen and oxygen atoms in total. The summed E-state index contributed by atoms with van der Waals surface area (Å²) < 4.78 is 19.3. The van der Waals surface area contributed by atoms with Crippen molar-refractivity contribution in [3.8, 4) is 11.4 Å². The topological polar surface area (TPSA) is 101 Å². The first kappa shape index (κ1) is 17.5. The summed E-state index contributed by atoms with van der Waals surface area (Å²) in [4.78, 5) is 37.6. The van der Waals surface area contributed by atoms with E-state index in [0.717, 1.165) is 6.07 Å². The first-order valence-corrected chi connectivity index (χ1v) is 7.04. The molecule has 0 unspecified atom stereocenters. The summed E-state index contributed by atoms with van der Waals surface area (Å²) in [6.07, 6.45) is 0.660. The molecule has 0 fully saturated rings. The van der Waals surface area contributed by atoms with Crippen molar-refractivity contribution < 1.29 is 19.0 Å². The SMILES string of the molecule is COc1c(C(=O)O)cc(-n2c(=O)[nH]cc(F)c2=O)cc1C(C)(C)C. The van der Waals surface area contributed by atoms with Crippen LogP contribution in [0.4, 0.5) is 4.39 Å². The normalized spacial score (nSPS) is 11.4. The van der Waals surface area contributed by atoms with Gasteiger partial charge in [0.2, 0.25) is 5.82 Å². The molecular formula is C16H17FN2O5. The lowest BCUT2D eigenvalue weighted by Crippen LogP contribution is -2.35. The Labute approximate surface area is 136 Å². The number of aromatic amines is 1. The lowest BCUT2D eigenvalue weighted by Gasteiger charge is -2.24. The fourth-order valence-electron chi connectivity index (χ4n) is 2.36. The van der Waals surface area contributed by atoms with Crippen LogP contribution in [0.5, 0.6) is 5.75 Å². The Morgan fingerprint density at radius 3 is 2.42 bits per heavy atom. The van der Waals surface area contributed by atoms with Gasteiger partial charge in [0.15, 0.2) is 0 Å². The van der Waals surface area contributed by atoms with Gasteiger partial charge in [-0.1, -0.05) is 20.8 Å². The molecule has 0 aliphatic rings. The molecule has 0 saturated heterocycles. The first-order chi connectivity index (χ1) is 11.1. The number of ether oxygens (including phenoxy) is 1. The number of nitrogens with zero attached hydrogens (tertiary/aromatic N) is 1. The van der Waals surface area contributed by atoms with Crippen molar-refractivity contribution in [2.24, 2.45) is 0 Å². The second-order valence-electron chi connectivity index (χ2n) is 6.21. The second kappa shape index (κ2) is 5.95. The smallest absolute Gasteiger partial charge is 0.339 e. The van der Waals surface area contributed by atoms with Crippen LogP contribution in [0.3, 0.4) is 0 Å². The number of halogens is 1. The fraction of sp³-hybridized carbons (Fsp3) is 0.312. The lowest BCUT2D eigenvalue weighted by molar-refractivity contribution is 0.0693. The van der Waals surface area contributed by atoms with Gasteiger partial charge in [0.1, 0.15) is 11.3 Å². The largest absolute Gasteiger partial charge is 0.496 e. The second-order valence-corrected chi connectivity index (χ2v) is 6.21.